The van der Waals surface area contributed by atoms with Gasteiger partial charge in [0.05, 0.1) is 6.61 Å². The Morgan fingerprint density at radius 1 is 1.44 bits per heavy atom. The Bertz CT molecular complexity index is 654. The molecule has 1 aliphatic carbocycles. The molecule has 0 bridgehead atoms. The van der Waals surface area contributed by atoms with Crippen LogP contribution >= 0.6 is 23.6 Å². The maximum Gasteiger partial charge on any atom is 0.479 e. The summed E-state index contributed by atoms with van der Waals surface area (Å²) in [7, 11) is 0. The van der Waals surface area contributed by atoms with Crippen LogP contribution in [0.15, 0.2) is 36.1 Å². The first-order chi connectivity index (χ1) is 11.7. The highest BCUT2D eigenvalue weighted by Crippen LogP contribution is 2.38. The van der Waals surface area contributed by atoms with Gasteiger partial charge in [-0.05, 0) is 37.6 Å². The van der Waals surface area contributed by atoms with Crippen molar-refractivity contribution in [2.24, 2.45) is 0 Å². The first kappa shape index (κ1) is 19.8. The van der Waals surface area contributed by atoms with Crippen molar-refractivity contribution in [3.8, 4) is 0 Å². The molecule has 4 nitrogen and oxygen atoms in total. The molecule has 1 aromatic rings. The Kier molecular flexibility index (Phi) is 6.51. The third-order valence-corrected chi connectivity index (χ3v) is 4.32. The summed E-state index contributed by atoms with van der Waals surface area (Å²) in [6.07, 6.45) is 2.04. The van der Waals surface area contributed by atoms with E-state index in [2.05, 4.69) is 5.32 Å². The van der Waals surface area contributed by atoms with Gasteiger partial charge < -0.3 is 14.2 Å². The van der Waals surface area contributed by atoms with E-state index in [1.165, 1.54) is 6.08 Å². The van der Waals surface area contributed by atoms with Crippen LogP contribution in [0.2, 0.25) is 5.02 Å². The molecular weight excluding hydrogens is 379 g/mol. The molecule has 0 saturated carbocycles. The lowest BCUT2D eigenvalue weighted by atomic mass is 9.84. The summed E-state index contributed by atoms with van der Waals surface area (Å²) in [4.78, 5) is 12.5. The largest absolute Gasteiger partial charge is 0.479 e. The first-order valence-corrected chi connectivity index (χ1v) is 8.68. The van der Waals surface area contributed by atoms with Crippen LogP contribution in [-0.2, 0) is 13.7 Å². The maximum atomic E-state index is 12.5. The number of carbonyl (C=O) groups excluding carboxylic acids is 1. The van der Waals surface area contributed by atoms with Gasteiger partial charge in [0.2, 0.25) is 0 Å². The molecule has 0 aliphatic heterocycles. The van der Waals surface area contributed by atoms with Crippen LogP contribution in [-0.4, -0.2) is 23.6 Å². The number of halogens is 4. The minimum atomic E-state index is -4.48. The van der Waals surface area contributed by atoms with E-state index in [1.807, 2.05) is 0 Å². The lowest BCUT2D eigenvalue weighted by Crippen LogP contribution is -2.48. The van der Waals surface area contributed by atoms with Gasteiger partial charge in [-0.2, -0.15) is 13.2 Å². The molecule has 1 aliphatic rings. The number of rotatable bonds is 6. The number of anilines is 1. The van der Waals surface area contributed by atoms with Crippen molar-refractivity contribution in [3.05, 3.63) is 41.1 Å². The summed E-state index contributed by atoms with van der Waals surface area (Å²) in [6.45, 7) is 1.90. The van der Waals surface area contributed by atoms with E-state index in [-0.39, 0.29) is 31.6 Å². The zero-order valence-corrected chi connectivity index (χ0v) is 14.9. The van der Waals surface area contributed by atoms with Crippen LogP contribution in [0.4, 0.5) is 18.9 Å². The molecule has 0 aromatic heterocycles. The standard InChI is InChI=1S/C16H17ClF3NO3S/c1-2-23-14(22)15(21-12-5-3-4-11(17)10-12)8-6-13(7-9-15)24-25-16(18,19)20/h3-6,10,21H,2,7-9H2,1H3. The van der Waals surface area contributed by atoms with Gasteiger partial charge in [-0.25, -0.2) is 4.79 Å². The maximum absolute atomic E-state index is 12.5. The number of alkyl halides is 3. The number of ether oxygens (including phenoxy) is 1. The van der Waals surface area contributed by atoms with Crippen molar-refractivity contribution in [2.45, 2.75) is 37.2 Å². The Labute approximate surface area is 152 Å². The molecule has 25 heavy (non-hydrogen) atoms. The highest BCUT2D eigenvalue weighted by atomic mass is 35.5. The highest BCUT2D eigenvalue weighted by molar-refractivity contribution is 7.95. The van der Waals surface area contributed by atoms with Crippen LogP contribution in [0.25, 0.3) is 0 Å². The second-order valence-electron chi connectivity index (χ2n) is 5.42. The summed E-state index contributed by atoms with van der Waals surface area (Å²) in [6, 6.07) is 6.85. The number of hydrogen-bond donors (Lipinski definition) is 1. The van der Waals surface area contributed by atoms with Crippen LogP contribution < -0.4 is 5.32 Å². The average molecular weight is 396 g/mol. The number of benzene rings is 1. The van der Waals surface area contributed by atoms with Gasteiger partial charge >= 0.3 is 11.5 Å². The lowest BCUT2D eigenvalue weighted by molar-refractivity contribution is -0.149. The zero-order valence-electron chi connectivity index (χ0n) is 13.4. The molecule has 0 fully saturated rings. The Morgan fingerprint density at radius 3 is 2.76 bits per heavy atom. The van der Waals surface area contributed by atoms with Crippen LogP contribution in [0.3, 0.4) is 0 Å². The average Bonchev–Trinajstić information content (AvgIpc) is 2.54. The van der Waals surface area contributed by atoms with Crippen molar-refractivity contribution in [3.63, 3.8) is 0 Å². The number of allylic oxidation sites excluding steroid dienone is 1. The summed E-state index contributed by atoms with van der Waals surface area (Å²) in [5.74, 6) is -0.274. The van der Waals surface area contributed by atoms with Gasteiger partial charge in [-0.3, -0.25) is 0 Å². The Hall–Kier alpha value is -1.54. The van der Waals surface area contributed by atoms with E-state index in [9.17, 15) is 18.0 Å². The topological polar surface area (TPSA) is 47.6 Å². The molecule has 9 heteroatoms. The fourth-order valence-electron chi connectivity index (χ4n) is 2.47. The van der Waals surface area contributed by atoms with Gasteiger partial charge in [-0.1, -0.05) is 17.7 Å². The van der Waals surface area contributed by atoms with Crippen LogP contribution in [0.5, 0.6) is 0 Å². The molecule has 1 atom stereocenters. The number of esters is 1. The predicted molar refractivity (Wildman–Crippen MR) is 91.1 cm³/mol. The van der Waals surface area contributed by atoms with E-state index >= 15 is 0 Å². The number of carbonyl (C=O) groups is 1. The van der Waals surface area contributed by atoms with E-state index in [0.29, 0.717) is 10.7 Å². The van der Waals surface area contributed by atoms with Crippen molar-refractivity contribution >= 4 is 35.3 Å². The van der Waals surface area contributed by atoms with E-state index in [1.54, 1.807) is 31.2 Å². The molecule has 138 valence electrons. The molecule has 1 unspecified atom stereocenters. The van der Waals surface area contributed by atoms with E-state index in [4.69, 9.17) is 20.5 Å². The lowest BCUT2D eigenvalue weighted by Gasteiger charge is -2.35. The second-order valence-corrected chi connectivity index (χ2v) is 6.66. The Balaban J connectivity index is 2.15. The SMILES string of the molecule is CCOC(=O)C1(Nc2cccc(Cl)c2)CC=C(OSC(F)(F)F)CC1. The van der Waals surface area contributed by atoms with Crippen molar-refractivity contribution in [1.82, 2.24) is 0 Å². The minimum absolute atomic E-state index is 0.145. The summed E-state index contributed by atoms with van der Waals surface area (Å²) in [5.41, 5.74) is -4.92. The quantitative estimate of drug-likeness (QED) is 0.522. The monoisotopic (exact) mass is 395 g/mol. The third-order valence-electron chi connectivity index (χ3n) is 3.59. The molecule has 0 amide bonds. The van der Waals surface area contributed by atoms with Gasteiger partial charge in [-0.15, -0.1) is 0 Å². The fraction of sp³-hybridized carbons (Fsp3) is 0.438. The van der Waals surface area contributed by atoms with Crippen molar-refractivity contribution < 1.29 is 26.9 Å². The fourth-order valence-corrected chi connectivity index (χ4v) is 3.01. The molecule has 1 N–H and O–H groups in total. The third kappa shape index (κ3) is 5.74. The normalized spacial score (nSPS) is 20.6. The van der Waals surface area contributed by atoms with E-state index < -0.39 is 29.1 Å². The molecular formula is C16H17ClF3NO3S. The number of nitrogens with one attached hydrogen (secondary N) is 1. The van der Waals surface area contributed by atoms with Crippen molar-refractivity contribution in [2.75, 3.05) is 11.9 Å². The minimum Gasteiger partial charge on any atom is -0.464 e. The van der Waals surface area contributed by atoms with Gasteiger partial charge in [0.25, 0.3) is 0 Å². The number of hydrogen-bond acceptors (Lipinski definition) is 5. The first-order valence-electron chi connectivity index (χ1n) is 7.56. The Morgan fingerprint density at radius 2 is 2.20 bits per heavy atom. The van der Waals surface area contributed by atoms with Gasteiger partial charge in [0.1, 0.15) is 11.3 Å². The van der Waals surface area contributed by atoms with Crippen molar-refractivity contribution in [1.29, 1.82) is 0 Å². The molecule has 0 radical (unpaired) electrons. The molecule has 0 heterocycles. The van der Waals surface area contributed by atoms with Crippen LogP contribution in [0.1, 0.15) is 26.2 Å². The summed E-state index contributed by atoms with van der Waals surface area (Å²) < 4.78 is 46.5. The molecule has 0 spiro atoms. The highest BCUT2D eigenvalue weighted by Gasteiger charge is 2.42. The zero-order chi connectivity index (χ0) is 18.5. The summed E-state index contributed by atoms with van der Waals surface area (Å²) >= 11 is 5.40. The molecule has 0 saturated heterocycles. The van der Waals surface area contributed by atoms with E-state index in [0.717, 1.165) is 0 Å². The predicted octanol–water partition coefficient (Wildman–Crippen LogP) is 5.31. The molecule has 2 rings (SSSR count). The summed E-state index contributed by atoms with van der Waals surface area (Å²) in [5, 5.41) is 3.63. The second kappa shape index (κ2) is 8.23. The van der Waals surface area contributed by atoms with Gasteiger partial charge in [0.15, 0.2) is 12.0 Å². The van der Waals surface area contributed by atoms with Gasteiger partial charge in [0, 0.05) is 23.6 Å². The smallest absolute Gasteiger partial charge is 0.464 e. The van der Waals surface area contributed by atoms with Crippen LogP contribution in [0, 0.1) is 0 Å². The molecule has 1 aromatic carbocycles.